The number of aromatic nitrogens is 1. The Labute approximate surface area is 152 Å². The quantitative estimate of drug-likeness (QED) is 0.654. The lowest BCUT2D eigenvalue weighted by molar-refractivity contribution is -0.127. The maximum absolute atomic E-state index is 14.2. The zero-order chi connectivity index (χ0) is 18.1. The van der Waals surface area contributed by atoms with E-state index in [4.69, 9.17) is 15.9 Å². The molecule has 7 heteroatoms. The molecule has 1 aliphatic rings. The molecule has 1 aromatic heterocycles. The first-order chi connectivity index (χ1) is 12.7. The van der Waals surface area contributed by atoms with Crippen molar-refractivity contribution in [2.75, 3.05) is 6.61 Å². The van der Waals surface area contributed by atoms with Gasteiger partial charge in [0.25, 0.3) is 5.91 Å². The number of nitrogens with zero attached hydrogens (tertiary/aromatic N) is 2. The average Bonchev–Trinajstić information content (AvgIpc) is 3.00. The Morgan fingerprint density at radius 1 is 1.31 bits per heavy atom. The van der Waals surface area contributed by atoms with Crippen LogP contribution in [0.2, 0.25) is 0 Å². The standard InChI is InChI=1S/C19H13FN2O3S/c1-2-10-22-17-12(20)6-5-9-16(17)26-19(22)21-18(23)15-11-24-13-7-3-4-8-14(13)25-15/h1,3-9,15H,10-11H2/t15-/m1/s1. The summed E-state index contributed by atoms with van der Waals surface area (Å²) in [6, 6.07) is 11.8. The van der Waals surface area contributed by atoms with E-state index in [9.17, 15) is 9.18 Å². The molecule has 0 bridgehead atoms. The molecule has 0 N–H and O–H groups in total. The first-order valence-electron chi connectivity index (χ1n) is 7.86. The number of rotatable bonds is 2. The van der Waals surface area contributed by atoms with Crippen LogP contribution in [0.15, 0.2) is 47.5 Å². The highest BCUT2D eigenvalue weighted by Crippen LogP contribution is 2.31. The molecule has 0 unspecified atom stereocenters. The number of amides is 1. The Morgan fingerprint density at radius 2 is 2.12 bits per heavy atom. The zero-order valence-corrected chi connectivity index (χ0v) is 14.3. The lowest BCUT2D eigenvalue weighted by atomic mass is 10.2. The number of ether oxygens (including phenoxy) is 2. The van der Waals surface area contributed by atoms with Gasteiger partial charge in [-0.1, -0.05) is 35.5 Å². The van der Waals surface area contributed by atoms with Crippen LogP contribution < -0.4 is 14.3 Å². The summed E-state index contributed by atoms with van der Waals surface area (Å²) in [5.74, 6) is 2.64. The van der Waals surface area contributed by atoms with E-state index in [0.29, 0.717) is 26.5 Å². The number of fused-ring (bicyclic) bond motifs is 2. The van der Waals surface area contributed by atoms with Gasteiger partial charge in [0.1, 0.15) is 12.4 Å². The molecular weight excluding hydrogens is 355 g/mol. The largest absolute Gasteiger partial charge is 0.485 e. The van der Waals surface area contributed by atoms with Gasteiger partial charge in [-0.2, -0.15) is 4.99 Å². The maximum Gasteiger partial charge on any atom is 0.292 e. The summed E-state index contributed by atoms with van der Waals surface area (Å²) < 4.78 is 27.6. The normalized spacial score (nSPS) is 16.5. The van der Waals surface area contributed by atoms with Gasteiger partial charge in [0.15, 0.2) is 16.3 Å². The second-order valence-corrected chi connectivity index (χ2v) is 6.58. The van der Waals surface area contributed by atoms with Crippen LogP contribution in [0.1, 0.15) is 0 Å². The van der Waals surface area contributed by atoms with Gasteiger partial charge in [0.05, 0.1) is 16.8 Å². The number of thiazole rings is 1. The predicted molar refractivity (Wildman–Crippen MR) is 95.5 cm³/mol. The molecule has 3 aromatic rings. The summed E-state index contributed by atoms with van der Waals surface area (Å²) in [5, 5.41) is 0. The second-order valence-electron chi connectivity index (χ2n) is 5.58. The minimum Gasteiger partial charge on any atom is -0.485 e. The number of halogens is 1. The number of carbonyl (C=O) groups is 1. The molecule has 0 radical (unpaired) electrons. The predicted octanol–water partition coefficient (Wildman–Crippen LogP) is 2.74. The monoisotopic (exact) mass is 368 g/mol. The molecule has 0 aliphatic carbocycles. The third-order valence-electron chi connectivity index (χ3n) is 3.89. The van der Waals surface area contributed by atoms with Crippen molar-refractivity contribution in [3.63, 3.8) is 0 Å². The molecule has 5 nitrogen and oxygen atoms in total. The second kappa shape index (κ2) is 6.65. The topological polar surface area (TPSA) is 52.8 Å². The Morgan fingerprint density at radius 3 is 2.92 bits per heavy atom. The first kappa shape index (κ1) is 16.4. The van der Waals surface area contributed by atoms with Crippen molar-refractivity contribution in [3.8, 4) is 23.8 Å². The minimum absolute atomic E-state index is 0.0632. The average molecular weight is 368 g/mol. The summed E-state index contributed by atoms with van der Waals surface area (Å²) >= 11 is 1.20. The van der Waals surface area contributed by atoms with Crippen molar-refractivity contribution in [1.29, 1.82) is 0 Å². The molecular formula is C19H13FN2O3S. The van der Waals surface area contributed by atoms with E-state index < -0.39 is 17.8 Å². The zero-order valence-electron chi connectivity index (χ0n) is 13.5. The van der Waals surface area contributed by atoms with Crippen LogP contribution in [-0.2, 0) is 11.3 Å². The van der Waals surface area contributed by atoms with Crippen molar-refractivity contribution >= 4 is 27.5 Å². The Hall–Kier alpha value is -3.11. The van der Waals surface area contributed by atoms with E-state index in [2.05, 4.69) is 10.9 Å². The SMILES string of the molecule is C#CCn1c(=NC(=O)[C@H]2COc3ccccc3O2)sc2cccc(F)c21. The van der Waals surface area contributed by atoms with E-state index in [-0.39, 0.29) is 13.2 Å². The molecule has 1 aliphatic heterocycles. The van der Waals surface area contributed by atoms with Gasteiger partial charge in [0, 0.05) is 0 Å². The highest BCUT2D eigenvalue weighted by Gasteiger charge is 2.27. The number of benzene rings is 2. The first-order valence-corrected chi connectivity index (χ1v) is 8.67. The van der Waals surface area contributed by atoms with E-state index in [1.165, 1.54) is 22.0 Å². The molecule has 2 aromatic carbocycles. The molecule has 4 rings (SSSR count). The van der Waals surface area contributed by atoms with E-state index in [0.717, 1.165) is 0 Å². The highest BCUT2D eigenvalue weighted by atomic mass is 32.1. The molecule has 130 valence electrons. The molecule has 2 heterocycles. The van der Waals surface area contributed by atoms with Crippen molar-refractivity contribution in [1.82, 2.24) is 4.57 Å². The highest BCUT2D eigenvalue weighted by molar-refractivity contribution is 7.16. The smallest absolute Gasteiger partial charge is 0.292 e. The molecule has 0 saturated carbocycles. The van der Waals surface area contributed by atoms with Gasteiger partial charge < -0.3 is 14.0 Å². The molecule has 1 atom stereocenters. The van der Waals surface area contributed by atoms with Gasteiger partial charge in [0.2, 0.25) is 6.10 Å². The third kappa shape index (κ3) is 2.85. The van der Waals surface area contributed by atoms with Crippen molar-refractivity contribution < 1.29 is 18.7 Å². The molecule has 0 saturated heterocycles. The van der Waals surface area contributed by atoms with E-state index >= 15 is 0 Å². The van der Waals surface area contributed by atoms with Gasteiger partial charge >= 0.3 is 0 Å². The number of hydrogen-bond acceptors (Lipinski definition) is 4. The summed E-state index contributed by atoms with van der Waals surface area (Å²) in [6.07, 6.45) is 4.53. The molecule has 1 amide bonds. The molecule has 26 heavy (non-hydrogen) atoms. The van der Waals surface area contributed by atoms with Crippen LogP contribution in [0.5, 0.6) is 11.5 Å². The van der Waals surface area contributed by atoms with E-state index in [1.54, 1.807) is 30.3 Å². The summed E-state index contributed by atoms with van der Waals surface area (Å²) in [6.45, 7) is 0.172. The van der Waals surface area contributed by atoms with Gasteiger partial charge in [-0.3, -0.25) is 4.79 Å². The summed E-state index contributed by atoms with van der Waals surface area (Å²) in [5.41, 5.74) is 0.341. The molecule has 0 spiro atoms. The van der Waals surface area contributed by atoms with Crippen molar-refractivity contribution in [2.45, 2.75) is 12.6 Å². The fraction of sp³-hybridized carbons (Fsp3) is 0.158. The van der Waals surface area contributed by atoms with Crippen LogP contribution >= 0.6 is 11.3 Å². The van der Waals surface area contributed by atoms with Crippen LogP contribution in [-0.4, -0.2) is 23.2 Å². The number of terminal acetylenes is 1. The third-order valence-corrected chi connectivity index (χ3v) is 4.93. The number of hydrogen-bond donors (Lipinski definition) is 0. The van der Waals surface area contributed by atoms with Crippen LogP contribution in [0.25, 0.3) is 10.2 Å². The van der Waals surface area contributed by atoms with Gasteiger partial charge in [-0.05, 0) is 24.3 Å². The van der Waals surface area contributed by atoms with E-state index in [1.807, 2.05) is 6.07 Å². The van der Waals surface area contributed by atoms with Crippen LogP contribution in [0, 0.1) is 18.2 Å². The molecule has 0 fully saturated rings. The van der Waals surface area contributed by atoms with Crippen molar-refractivity contribution in [3.05, 3.63) is 53.1 Å². The fourth-order valence-electron chi connectivity index (χ4n) is 2.72. The summed E-state index contributed by atoms with van der Waals surface area (Å²) in [4.78, 5) is 17.0. The Bertz CT molecular complexity index is 1110. The lowest BCUT2D eigenvalue weighted by Gasteiger charge is -2.23. The van der Waals surface area contributed by atoms with Crippen molar-refractivity contribution in [2.24, 2.45) is 4.99 Å². The maximum atomic E-state index is 14.2. The number of carbonyl (C=O) groups excluding carboxylic acids is 1. The van der Waals surface area contributed by atoms with Gasteiger partial charge in [-0.15, -0.1) is 6.42 Å². The lowest BCUT2D eigenvalue weighted by Crippen LogP contribution is -2.36. The van der Waals surface area contributed by atoms with Crippen LogP contribution in [0.3, 0.4) is 0 Å². The Kier molecular flexibility index (Phi) is 4.19. The minimum atomic E-state index is -0.862. The fourth-order valence-corrected chi connectivity index (χ4v) is 3.77. The van der Waals surface area contributed by atoms with Gasteiger partial charge in [-0.25, -0.2) is 4.39 Å². The Balaban J connectivity index is 1.73. The van der Waals surface area contributed by atoms with Crippen LogP contribution in [0.4, 0.5) is 4.39 Å². The number of para-hydroxylation sites is 3. The summed E-state index contributed by atoms with van der Waals surface area (Å²) in [7, 11) is 0.